The van der Waals surface area contributed by atoms with Crippen LogP contribution >= 0.6 is 27.5 Å². The normalized spacial score (nSPS) is 11.7. The van der Waals surface area contributed by atoms with Gasteiger partial charge in [-0.15, -0.1) is 0 Å². The fraction of sp³-hybridized carbons (Fsp3) is 0. The highest BCUT2D eigenvalue weighted by atomic mass is 79.9. The van der Waals surface area contributed by atoms with Crippen LogP contribution in [0.15, 0.2) is 20.8 Å². The summed E-state index contributed by atoms with van der Waals surface area (Å²) in [5, 5.41) is 0.229. The lowest BCUT2D eigenvalue weighted by atomic mass is 10.3. The average molecular weight is 251 g/mol. The van der Waals surface area contributed by atoms with Gasteiger partial charge in [-0.3, -0.25) is 9.78 Å². The maximum atomic E-state index is 11.0. The molecule has 1 heterocycles. The van der Waals surface area contributed by atoms with Crippen molar-refractivity contribution in [1.82, 2.24) is 9.97 Å². The van der Waals surface area contributed by atoms with Crippen LogP contribution in [0, 0.1) is 0 Å². The van der Waals surface area contributed by atoms with E-state index in [1.807, 2.05) is 4.98 Å². The van der Waals surface area contributed by atoms with E-state index in [-0.39, 0.29) is 10.6 Å². The van der Waals surface area contributed by atoms with Gasteiger partial charge in [0.2, 0.25) is 0 Å². The van der Waals surface area contributed by atoms with Gasteiger partial charge < -0.3 is 4.98 Å². The lowest BCUT2D eigenvalue weighted by molar-refractivity contribution is 1.03. The molecule has 4 nitrogen and oxygen atoms in total. The Kier molecular flexibility index (Phi) is 2.88. The third-order valence-corrected chi connectivity index (χ3v) is 2.21. The Bertz CT molecular complexity index is 420. The van der Waals surface area contributed by atoms with Crippen LogP contribution in [0.25, 0.3) is 5.03 Å². The number of hydrogen-bond acceptors (Lipinski definition) is 2. The SMILES string of the molecule is O=c1[nH]cc(/C(Cl)=C/Br)c(=O)[nH]1. The maximum absolute atomic E-state index is 11.0. The monoisotopic (exact) mass is 250 g/mol. The van der Waals surface area contributed by atoms with Crippen molar-refractivity contribution in [1.29, 1.82) is 0 Å². The van der Waals surface area contributed by atoms with E-state index in [1.165, 1.54) is 11.2 Å². The van der Waals surface area contributed by atoms with Gasteiger partial charge in [0, 0.05) is 11.2 Å². The van der Waals surface area contributed by atoms with Crippen molar-refractivity contribution in [3.05, 3.63) is 37.6 Å². The van der Waals surface area contributed by atoms with Crippen molar-refractivity contribution in [3.8, 4) is 0 Å². The summed E-state index contributed by atoms with van der Waals surface area (Å²) < 4.78 is 0. The highest BCUT2D eigenvalue weighted by Gasteiger charge is 2.02. The van der Waals surface area contributed by atoms with Gasteiger partial charge in [0.15, 0.2) is 0 Å². The molecule has 0 bridgehead atoms. The summed E-state index contributed by atoms with van der Waals surface area (Å²) in [7, 11) is 0. The third kappa shape index (κ3) is 1.86. The molecule has 6 heteroatoms. The van der Waals surface area contributed by atoms with Crippen LogP contribution in [0.1, 0.15) is 5.56 Å². The zero-order chi connectivity index (χ0) is 9.14. The molecule has 0 amide bonds. The quantitative estimate of drug-likeness (QED) is 0.782. The van der Waals surface area contributed by atoms with Crippen molar-refractivity contribution in [3.63, 3.8) is 0 Å². The molecule has 0 unspecified atom stereocenters. The number of rotatable bonds is 1. The average Bonchev–Trinajstić information content (AvgIpc) is 2.03. The molecular formula is C6H4BrClN2O2. The van der Waals surface area contributed by atoms with Crippen molar-refractivity contribution in [2.75, 3.05) is 0 Å². The third-order valence-electron chi connectivity index (χ3n) is 1.17. The molecule has 0 saturated heterocycles. The molecule has 0 fully saturated rings. The molecule has 1 aromatic rings. The summed E-state index contributed by atoms with van der Waals surface area (Å²) in [6.45, 7) is 0. The lowest BCUT2D eigenvalue weighted by Crippen LogP contribution is -2.23. The molecule has 0 aliphatic heterocycles. The minimum atomic E-state index is -0.553. The van der Waals surface area contributed by atoms with Crippen LogP contribution in [0.4, 0.5) is 0 Å². The molecule has 0 atom stereocenters. The number of hydrogen-bond donors (Lipinski definition) is 2. The molecule has 0 saturated carbocycles. The zero-order valence-electron chi connectivity index (χ0n) is 5.73. The summed E-state index contributed by atoms with van der Waals surface area (Å²) in [5.41, 5.74) is -0.851. The smallest absolute Gasteiger partial charge is 0.313 e. The van der Waals surface area contributed by atoms with Gasteiger partial charge in [-0.25, -0.2) is 4.79 Å². The van der Waals surface area contributed by atoms with Crippen LogP contribution < -0.4 is 11.2 Å². The molecule has 0 aliphatic carbocycles. The Labute approximate surface area is 80.4 Å². The Morgan fingerprint density at radius 2 is 2.25 bits per heavy atom. The second-order valence-electron chi connectivity index (χ2n) is 1.94. The van der Waals surface area contributed by atoms with Gasteiger partial charge in [-0.05, 0) is 0 Å². The van der Waals surface area contributed by atoms with Gasteiger partial charge >= 0.3 is 5.69 Å². The first kappa shape index (κ1) is 9.28. The van der Waals surface area contributed by atoms with E-state index in [9.17, 15) is 9.59 Å². The van der Waals surface area contributed by atoms with E-state index >= 15 is 0 Å². The van der Waals surface area contributed by atoms with Crippen LogP contribution in [-0.2, 0) is 0 Å². The molecular weight excluding hydrogens is 247 g/mol. The number of aromatic nitrogens is 2. The first-order chi connectivity index (χ1) is 5.65. The molecule has 2 N–H and O–H groups in total. The largest absolute Gasteiger partial charge is 0.325 e. The lowest BCUT2D eigenvalue weighted by Gasteiger charge is -1.93. The van der Waals surface area contributed by atoms with E-state index in [4.69, 9.17) is 11.6 Å². The number of halogens is 2. The summed E-state index contributed by atoms with van der Waals surface area (Å²) in [6.07, 6.45) is 1.25. The second-order valence-corrected chi connectivity index (χ2v) is 2.81. The molecule has 12 heavy (non-hydrogen) atoms. The Balaban J connectivity index is 3.38. The minimum Gasteiger partial charge on any atom is -0.313 e. The van der Waals surface area contributed by atoms with Crippen molar-refractivity contribution >= 4 is 32.6 Å². The second kappa shape index (κ2) is 3.73. The zero-order valence-corrected chi connectivity index (χ0v) is 8.07. The molecule has 0 spiro atoms. The molecule has 1 aromatic heterocycles. The number of nitrogens with one attached hydrogen (secondary N) is 2. The topological polar surface area (TPSA) is 65.7 Å². The van der Waals surface area contributed by atoms with Crippen molar-refractivity contribution in [2.45, 2.75) is 0 Å². The van der Waals surface area contributed by atoms with E-state index in [1.54, 1.807) is 0 Å². The fourth-order valence-corrected chi connectivity index (χ4v) is 1.03. The summed E-state index contributed by atoms with van der Waals surface area (Å²) in [6, 6.07) is 0. The molecule has 1 rings (SSSR count). The Morgan fingerprint density at radius 3 is 2.75 bits per heavy atom. The van der Waals surface area contributed by atoms with E-state index in [2.05, 4.69) is 20.9 Å². The van der Waals surface area contributed by atoms with E-state index in [0.29, 0.717) is 0 Å². The highest BCUT2D eigenvalue weighted by molar-refractivity contribution is 9.11. The highest BCUT2D eigenvalue weighted by Crippen LogP contribution is 2.14. The number of aromatic amines is 2. The van der Waals surface area contributed by atoms with Crippen LogP contribution in [0.5, 0.6) is 0 Å². The summed E-state index contributed by atoms with van der Waals surface area (Å²) in [5.74, 6) is 0. The van der Waals surface area contributed by atoms with Crippen LogP contribution in [-0.4, -0.2) is 9.97 Å². The predicted molar refractivity (Wildman–Crippen MR) is 50.4 cm³/mol. The summed E-state index contributed by atoms with van der Waals surface area (Å²) in [4.78, 5) is 27.3. The van der Waals surface area contributed by atoms with Crippen LogP contribution in [0.2, 0.25) is 0 Å². The van der Waals surface area contributed by atoms with Gasteiger partial charge in [-0.1, -0.05) is 27.5 Å². The van der Waals surface area contributed by atoms with E-state index < -0.39 is 11.2 Å². The minimum absolute atomic E-state index is 0.216. The fourth-order valence-electron chi connectivity index (χ4n) is 0.646. The van der Waals surface area contributed by atoms with Crippen molar-refractivity contribution < 1.29 is 0 Å². The molecule has 64 valence electrons. The molecule has 0 aromatic carbocycles. The van der Waals surface area contributed by atoms with Crippen molar-refractivity contribution in [2.24, 2.45) is 0 Å². The van der Waals surface area contributed by atoms with Gasteiger partial charge in [-0.2, -0.15) is 0 Å². The Morgan fingerprint density at radius 1 is 1.58 bits per heavy atom. The summed E-state index contributed by atoms with van der Waals surface area (Å²) >= 11 is 8.59. The van der Waals surface area contributed by atoms with E-state index in [0.717, 1.165) is 0 Å². The number of H-pyrrole nitrogens is 2. The standard InChI is InChI=1S/C6H4BrClN2O2/c7-1-4(8)3-2-9-6(12)10-5(3)11/h1-2H,(H2,9,10,11,12)/b4-1-. The van der Waals surface area contributed by atoms with Gasteiger partial charge in [0.05, 0.1) is 10.6 Å². The first-order valence-corrected chi connectivity index (χ1v) is 4.23. The molecule has 0 radical (unpaired) electrons. The predicted octanol–water partition coefficient (Wildman–Crippen LogP) is 0.995. The first-order valence-electron chi connectivity index (χ1n) is 2.93. The van der Waals surface area contributed by atoms with Crippen LogP contribution in [0.3, 0.4) is 0 Å². The Hall–Kier alpha value is -0.810. The van der Waals surface area contributed by atoms with Gasteiger partial charge in [0.1, 0.15) is 0 Å². The maximum Gasteiger partial charge on any atom is 0.325 e. The van der Waals surface area contributed by atoms with Gasteiger partial charge in [0.25, 0.3) is 5.56 Å². The molecule has 0 aliphatic rings.